The highest BCUT2D eigenvalue weighted by Crippen LogP contribution is 2.24. The smallest absolute Gasteiger partial charge is 0.227 e. The van der Waals surface area contributed by atoms with Crippen LogP contribution in [0.25, 0.3) is 0 Å². The Balaban J connectivity index is 1.43. The monoisotopic (exact) mass is 352 g/mol. The van der Waals surface area contributed by atoms with E-state index in [1.165, 1.54) is 5.56 Å². The van der Waals surface area contributed by atoms with E-state index in [1.807, 2.05) is 54.6 Å². The number of ether oxygens (including phenoxy) is 1. The standard InChI is InChI=1S/C21H24N2O3/c1-26-19-11-9-16(10-12-19)6-5-13-22-21(25)17-14-20(24)23(15-17)18-7-3-2-4-8-18/h2-4,7-12,17H,5-6,13-15H2,1H3,(H,22,25). The van der Waals surface area contributed by atoms with Gasteiger partial charge in [-0.05, 0) is 42.7 Å². The van der Waals surface area contributed by atoms with Crippen LogP contribution < -0.4 is 15.0 Å². The Bertz CT molecular complexity index is 744. The predicted molar refractivity (Wildman–Crippen MR) is 101 cm³/mol. The first-order chi connectivity index (χ1) is 12.7. The lowest BCUT2D eigenvalue weighted by Gasteiger charge is -2.16. The second kappa shape index (κ2) is 8.52. The minimum Gasteiger partial charge on any atom is -0.497 e. The summed E-state index contributed by atoms with van der Waals surface area (Å²) in [6.07, 6.45) is 2.03. The Morgan fingerprint density at radius 2 is 1.88 bits per heavy atom. The maximum atomic E-state index is 12.4. The molecule has 2 amide bonds. The zero-order chi connectivity index (χ0) is 18.4. The molecule has 1 saturated heterocycles. The second-order valence-corrected chi connectivity index (χ2v) is 6.48. The van der Waals surface area contributed by atoms with Gasteiger partial charge < -0.3 is 15.0 Å². The van der Waals surface area contributed by atoms with Gasteiger partial charge in [0.15, 0.2) is 0 Å². The van der Waals surface area contributed by atoms with Crippen molar-refractivity contribution in [1.29, 1.82) is 0 Å². The number of aryl methyl sites for hydroxylation is 1. The van der Waals surface area contributed by atoms with Crippen LogP contribution in [0, 0.1) is 5.92 Å². The number of carbonyl (C=O) groups is 2. The average molecular weight is 352 g/mol. The molecule has 1 fully saturated rings. The van der Waals surface area contributed by atoms with Crippen molar-refractivity contribution in [1.82, 2.24) is 5.32 Å². The highest BCUT2D eigenvalue weighted by molar-refractivity contribution is 6.00. The first-order valence-electron chi connectivity index (χ1n) is 8.93. The van der Waals surface area contributed by atoms with Gasteiger partial charge in [0.1, 0.15) is 5.75 Å². The lowest BCUT2D eigenvalue weighted by atomic mass is 10.1. The molecule has 1 N–H and O–H groups in total. The van der Waals surface area contributed by atoms with E-state index in [0.29, 0.717) is 13.1 Å². The van der Waals surface area contributed by atoms with Crippen molar-refractivity contribution in [2.45, 2.75) is 19.3 Å². The van der Waals surface area contributed by atoms with Gasteiger partial charge in [-0.1, -0.05) is 30.3 Å². The molecular weight excluding hydrogens is 328 g/mol. The van der Waals surface area contributed by atoms with Crippen molar-refractivity contribution in [3.05, 3.63) is 60.2 Å². The van der Waals surface area contributed by atoms with Gasteiger partial charge in [0.2, 0.25) is 11.8 Å². The molecule has 1 aliphatic heterocycles. The summed E-state index contributed by atoms with van der Waals surface area (Å²) >= 11 is 0. The van der Waals surface area contributed by atoms with Crippen LogP contribution in [0.5, 0.6) is 5.75 Å². The third-order valence-electron chi connectivity index (χ3n) is 4.66. The van der Waals surface area contributed by atoms with Crippen LogP contribution in [0.1, 0.15) is 18.4 Å². The number of amides is 2. The van der Waals surface area contributed by atoms with Gasteiger partial charge in [-0.2, -0.15) is 0 Å². The normalized spacial score (nSPS) is 16.6. The molecule has 3 rings (SSSR count). The van der Waals surface area contributed by atoms with Crippen molar-refractivity contribution in [2.24, 2.45) is 5.92 Å². The van der Waals surface area contributed by atoms with Crippen LogP contribution in [0.15, 0.2) is 54.6 Å². The van der Waals surface area contributed by atoms with Crippen LogP contribution in [0.2, 0.25) is 0 Å². The summed E-state index contributed by atoms with van der Waals surface area (Å²) in [7, 11) is 1.65. The Labute approximate surface area is 154 Å². The first-order valence-corrected chi connectivity index (χ1v) is 8.93. The minimum atomic E-state index is -0.274. The predicted octanol–water partition coefficient (Wildman–Crippen LogP) is 2.80. The topological polar surface area (TPSA) is 58.6 Å². The summed E-state index contributed by atoms with van der Waals surface area (Å²) in [6, 6.07) is 17.5. The molecule has 26 heavy (non-hydrogen) atoms. The van der Waals surface area contributed by atoms with E-state index in [9.17, 15) is 9.59 Å². The lowest BCUT2D eigenvalue weighted by molar-refractivity contribution is -0.126. The Hall–Kier alpha value is -2.82. The second-order valence-electron chi connectivity index (χ2n) is 6.48. The number of hydrogen-bond acceptors (Lipinski definition) is 3. The fraction of sp³-hybridized carbons (Fsp3) is 0.333. The number of benzene rings is 2. The fourth-order valence-electron chi connectivity index (χ4n) is 3.18. The van der Waals surface area contributed by atoms with Crippen molar-refractivity contribution in [3.63, 3.8) is 0 Å². The molecule has 1 atom stereocenters. The largest absolute Gasteiger partial charge is 0.497 e. The van der Waals surface area contributed by atoms with Crippen molar-refractivity contribution >= 4 is 17.5 Å². The van der Waals surface area contributed by atoms with Crippen molar-refractivity contribution in [3.8, 4) is 5.75 Å². The molecule has 1 unspecified atom stereocenters. The molecule has 0 aliphatic carbocycles. The summed E-state index contributed by atoms with van der Waals surface area (Å²) in [4.78, 5) is 26.2. The molecule has 1 heterocycles. The van der Waals surface area contributed by atoms with Crippen LogP contribution in [0.4, 0.5) is 5.69 Å². The fourth-order valence-corrected chi connectivity index (χ4v) is 3.18. The summed E-state index contributed by atoms with van der Waals surface area (Å²) in [5.74, 6) is 0.542. The summed E-state index contributed by atoms with van der Waals surface area (Å²) in [5.41, 5.74) is 2.07. The number of rotatable bonds is 7. The van der Waals surface area contributed by atoms with E-state index in [4.69, 9.17) is 4.74 Å². The van der Waals surface area contributed by atoms with Gasteiger partial charge in [0.25, 0.3) is 0 Å². The van der Waals surface area contributed by atoms with E-state index in [0.717, 1.165) is 24.3 Å². The molecular formula is C21H24N2O3. The molecule has 2 aromatic carbocycles. The highest BCUT2D eigenvalue weighted by Gasteiger charge is 2.34. The number of nitrogens with one attached hydrogen (secondary N) is 1. The molecule has 0 spiro atoms. The third-order valence-corrected chi connectivity index (χ3v) is 4.66. The van der Waals surface area contributed by atoms with Gasteiger partial charge in [-0.3, -0.25) is 9.59 Å². The number of hydrogen-bond donors (Lipinski definition) is 1. The zero-order valence-corrected chi connectivity index (χ0v) is 15.0. The number of anilines is 1. The molecule has 2 aromatic rings. The summed E-state index contributed by atoms with van der Waals surface area (Å²) in [6.45, 7) is 1.06. The van der Waals surface area contributed by atoms with E-state index in [-0.39, 0.29) is 24.2 Å². The third kappa shape index (κ3) is 4.42. The maximum absolute atomic E-state index is 12.4. The Morgan fingerprint density at radius 3 is 2.58 bits per heavy atom. The minimum absolute atomic E-state index is 0.00887. The molecule has 0 radical (unpaired) electrons. The number of para-hydroxylation sites is 1. The van der Waals surface area contributed by atoms with Gasteiger partial charge in [0.05, 0.1) is 13.0 Å². The molecule has 5 nitrogen and oxygen atoms in total. The zero-order valence-electron chi connectivity index (χ0n) is 15.0. The Morgan fingerprint density at radius 1 is 1.15 bits per heavy atom. The van der Waals surface area contributed by atoms with Crippen LogP contribution in [-0.2, 0) is 16.0 Å². The molecule has 0 bridgehead atoms. The molecule has 136 valence electrons. The molecule has 0 aromatic heterocycles. The van der Waals surface area contributed by atoms with Gasteiger partial charge in [0, 0.05) is 25.2 Å². The molecule has 0 saturated carbocycles. The van der Waals surface area contributed by atoms with Gasteiger partial charge in [-0.15, -0.1) is 0 Å². The average Bonchev–Trinajstić information content (AvgIpc) is 3.08. The Kier molecular flexibility index (Phi) is 5.89. The van der Waals surface area contributed by atoms with Crippen molar-refractivity contribution in [2.75, 3.05) is 25.1 Å². The van der Waals surface area contributed by atoms with E-state index in [1.54, 1.807) is 12.0 Å². The molecule has 5 heteroatoms. The van der Waals surface area contributed by atoms with Gasteiger partial charge >= 0.3 is 0 Å². The van der Waals surface area contributed by atoms with Crippen LogP contribution >= 0.6 is 0 Å². The van der Waals surface area contributed by atoms with Crippen LogP contribution in [0.3, 0.4) is 0 Å². The SMILES string of the molecule is COc1ccc(CCCNC(=O)C2CC(=O)N(c3ccccc3)C2)cc1. The first kappa shape index (κ1) is 18.0. The van der Waals surface area contributed by atoms with E-state index >= 15 is 0 Å². The van der Waals surface area contributed by atoms with Crippen LogP contribution in [-0.4, -0.2) is 32.0 Å². The van der Waals surface area contributed by atoms with Gasteiger partial charge in [-0.25, -0.2) is 0 Å². The van der Waals surface area contributed by atoms with E-state index < -0.39 is 0 Å². The quantitative estimate of drug-likeness (QED) is 0.780. The lowest BCUT2D eigenvalue weighted by Crippen LogP contribution is -2.33. The van der Waals surface area contributed by atoms with Crippen molar-refractivity contribution < 1.29 is 14.3 Å². The summed E-state index contributed by atoms with van der Waals surface area (Å²) < 4.78 is 5.14. The summed E-state index contributed by atoms with van der Waals surface area (Å²) in [5, 5.41) is 2.97. The maximum Gasteiger partial charge on any atom is 0.227 e. The number of nitrogens with zero attached hydrogens (tertiary/aromatic N) is 1. The number of methoxy groups -OCH3 is 1. The van der Waals surface area contributed by atoms with E-state index in [2.05, 4.69) is 5.32 Å². The molecule has 1 aliphatic rings. The highest BCUT2D eigenvalue weighted by atomic mass is 16.5. The number of carbonyl (C=O) groups excluding carboxylic acids is 2.